The Hall–Kier alpha value is -2.69. The van der Waals surface area contributed by atoms with Crippen LogP contribution in [0.5, 0.6) is 5.75 Å². The molecule has 2 aliphatic heterocycles. The van der Waals surface area contributed by atoms with Crippen LogP contribution in [-0.2, 0) is 11.3 Å². The summed E-state index contributed by atoms with van der Waals surface area (Å²) in [6.07, 6.45) is 1.35. The summed E-state index contributed by atoms with van der Waals surface area (Å²) in [5, 5.41) is 3.45. The van der Waals surface area contributed by atoms with Gasteiger partial charge in [0.05, 0.1) is 12.2 Å². The Kier molecular flexibility index (Phi) is 4.22. The van der Waals surface area contributed by atoms with Crippen LogP contribution in [-0.4, -0.2) is 36.2 Å². The monoisotopic (exact) mass is 338 g/mol. The molecule has 0 aromatic heterocycles. The number of nitrogens with zero attached hydrogens (tertiary/aromatic N) is 1. The summed E-state index contributed by atoms with van der Waals surface area (Å²) in [5.74, 6) is 0.897. The van der Waals surface area contributed by atoms with Crippen molar-refractivity contribution < 1.29 is 14.3 Å². The first-order chi connectivity index (χ1) is 12.2. The van der Waals surface area contributed by atoms with Gasteiger partial charge in [0, 0.05) is 25.9 Å². The van der Waals surface area contributed by atoms with Gasteiger partial charge in [0.2, 0.25) is 0 Å². The quantitative estimate of drug-likeness (QED) is 0.908. The van der Waals surface area contributed by atoms with E-state index in [-0.39, 0.29) is 11.7 Å². The number of para-hydroxylation sites is 2. The number of nitrogens with one attached hydrogen (secondary N) is 1. The summed E-state index contributed by atoms with van der Waals surface area (Å²) in [7, 11) is 0. The van der Waals surface area contributed by atoms with E-state index in [1.807, 2.05) is 54.6 Å². The van der Waals surface area contributed by atoms with Gasteiger partial charge in [0.1, 0.15) is 18.0 Å². The van der Waals surface area contributed by atoms with E-state index in [1.54, 1.807) is 4.90 Å². The zero-order chi connectivity index (χ0) is 17.1. The lowest BCUT2D eigenvalue weighted by molar-refractivity contribution is 0.00405. The molecule has 25 heavy (non-hydrogen) atoms. The lowest BCUT2D eigenvalue weighted by Crippen LogP contribution is -2.54. The maximum atomic E-state index is 12.3. The van der Waals surface area contributed by atoms with Gasteiger partial charge in [0.15, 0.2) is 0 Å². The molecule has 0 bridgehead atoms. The summed E-state index contributed by atoms with van der Waals surface area (Å²) in [6.45, 7) is 2.39. The number of piperidine rings is 1. The number of anilines is 1. The molecule has 1 spiro atoms. The standard InChI is InChI=1S/C20H22N2O3/c23-19(24-14-16-6-2-1-3-7-16)22-12-10-20(11-13-22)15-21-17-8-4-5-9-18(17)25-20/h1-9,21H,10-15H2. The zero-order valence-corrected chi connectivity index (χ0v) is 14.1. The summed E-state index contributed by atoms with van der Waals surface area (Å²) in [4.78, 5) is 14.1. The molecule has 0 radical (unpaired) electrons. The van der Waals surface area contributed by atoms with Gasteiger partial charge in [0.25, 0.3) is 0 Å². The minimum Gasteiger partial charge on any atom is -0.483 e. The average molecular weight is 338 g/mol. The van der Waals surface area contributed by atoms with Crippen molar-refractivity contribution >= 4 is 11.8 Å². The third-order valence-corrected chi connectivity index (χ3v) is 4.95. The number of fused-ring (bicyclic) bond motifs is 1. The molecule has 0 unspecified atom stereocenters. The van der Waals surface area contributed by atoms with Crippen molar-refractivity contribution in [2.45, 2.75) is 25.0 Å². The fourth-order valence-corrected chi connectivity index (χ4v) is 3.41. The number of hydrogen-bond acceptors (Lipinski definition) is 4. The normalized spacial score (nSPS) is 18.0. The number of carbonyl (C=O) groups excluding carboxylic acids is 1. The summed E-state index contributed by atoms with van der Waals surface area (Å²) < 4.78 is 11.7. The van der Waals surface area contributed by atoms with E-state index in [2.05, 4.69) is 5.32 Å². The molecule has 2 aliphatic rings. The lowest BCUT2D eigenvalue weighted by atomic mass is 9.89. The number of hydrogen-bond donors (Lipinski definition) is 1. The predicted molar refractivity (Wildman–Crippen MR) is 95.7 cm³/mol. The van der Waals surface area contributed by atoms with Crippen LogP contribution >= 0.6 is 0 Å². The van der Waals surface area contributed by atoms with Crippen molar-refractivity contribution in [2.75, 3.05) is 25.0 Å². The van der Waals surface area contributed by atoms with Crippen LogP contribution in [0.2, 0.25) is 0 Å². The highest BCUT2D eigenvalue weighted by molar-refractivity contribution is 5.68. The zero-order valence-electron chi connectivity index (χ0n) is 14.1. The molecule has 0 aliphatic carbocycles. The number of amides is 1. The highest BCUT2D eigenvalue weighted by Crippen LogP contribution is 2.37. The van der Waals surface area contributed by atoms with E-state index in [0.717, 1.165) is 36.4 Å². The fourth-order valence-electron chi connectivity index (χ4n) is 3.41. The Morgan fingerprint density at radius 3 is 2.60 bits per heavy atom. The van der Waals surface area contributed by atoms with Gasteiger partial charge < -0.3 is 19.7 Å². The van der Waals surface area contributed by atoms with Crippen LogP contribution in [0.15, 0.2) is 54.6 Å². The lowest BCUT2D eigenvalue weighted by Gasteiger charge is -2.44. The second kappa shape index (κ2) is 6.67. The average Bonchev–Trinajstić information content (AvgIpc) is 2.67. The van der Waals surface area contributed by atoms with Gasteiger partial charge in [-0.1, -0.05) is 42.5 Å². The third kappa shape index (κ3) is 3.40. The Morgan fingerprint density at radius 2 is 1.80 bits per heavy atom. The van der Waals surface area contributed by atoms with Crippen LogP contribution in [0.4, 0.5) is 10.5 Å². The van der Waals surface area contributed by atoms with Gasteiger partial charge in [-0.2, -0.15) is 0 Å². The molecule has 1 N–H and O–H groups in total. The first-order valence-electron chi connectivity index (χ1n) is 8.72. The highest BCUT2D eigenvalue weighted by atomic mass is 16.6. The molecule has 130 valence electrons. The number of ether oxygens (including phenoxy) is 2. The third-order valence-electron chi connectivity index (χ3n) is 4.95. The molecule has 5 heteroatoms. The minimum absolute atomic E-state index is 0.232. The smallest absolute Gasteiger partial charge is 0.410 e. The Labute approximate surface area is 147 Å². The van der Waals surface area contributed by atoms with Crippen molar-refractivity contribution in [2.24, 2.45) is 0 Å². The SMILES string of the molecule is O=C(OCc1ccccc1)N1CCC2(CC1)CNc1ccccc1O2. The predicted octanol–water partition coefficient (Wildman–Crippen LogP) is 3.66. The van der Waals surface area contributed by atoms with Crippen molar-refractivity contribution in [3.05, 3.63) is 60.2 Å². The second-order valence-corrected chi connectivity index (χ2v) is 6.66. The van der Waals surface area contributed by atoms with Crippen molar-refractivity contribution in [1.82, 2.24) is 4.90 Å². The van der Waals surface area contributed by atoms with Gasteiger partial charge in [-0.3, -0.25) is 0 Å². The van der Waals surface area contributed by atoms with E-state index >= 15 is 0 Å². The largest absolute Gasteiger partial charge is 0.483 e. The van der Waals surface area contributed by atoms with E-state index in [9.17, 15) is 4.79 Å². The van der Waals surface area contributed by atoms with Crippen LogP contribution < -0.4 is 10.1 Å². The molecule has 0 saturated carbocycles. The molecule has 0 atom stereocenters. The van der Waals surface area contributed by atoms with Gasteiger partial charge in [-0.05, 0) is 17.7 Å². The summed E-state index contributed by atoms with van der Waals surface area (Å²) in [6, 6.07) is 17.7. The molecule has 4 rings (SSSR count). The Balaban J connectivity index is 1.32. The van der Waals surface area contributed by atoms with Crippen LogP contribution in [0.3, 0.4) is 0 Å². The van der Waals surface area contributed by atoms with E-state index in [4.69, 9.17) is 9.47 Å². The summed E-state index contributed by atoms with van der Waals surface area (Å²) in [5.41, 5.74) is 1.81. The minimum atomic E-state index is -0.247. The van der Waals surface area contributed by atoms with E-state index < -0.39 is 0 Å². The van der Waals surface area contributed by atoms with Crippen molar-refractivity contribution in [1.29, 1.82) is 0 Å². The molecule has 1 saturated heterocycles. The molecule has 5 nitrogen and oxygen atoms in total. The van der Waals surface area contributed by atoms with Crippen LogP contribution in [0.1, 0.15) is 18.4 Å². The molecule has 2 aromatic rings. The number of carbonyl (C=O) groups is 1. The second-order valence-electron chi connectivity index (χ2n) is 6.66. The maximum absolute atomic E-state index is 12.3. The maximum Gasteiger partial charge on any atom is 0.410 e. The van der Waals surface area contributed by atoms with Gasteiger partial charge in [-0.25, -0.2) is 4.79 Å². The number of rotatable bonds is 2. The molecule has 2 aromatic carbocycles. The highest BCUT2D eigenvalue weighted by Gasteiger charge is 2.40. The van der Waals surface area contributed by atoms with Gasteiger partial charge >= 0.3 is 6.09 Å². The fraction of sp³-hybridized carbons (Fsp3) is 0.350. The van der Waals surface area contributed by atoms with Crippen molar-refractivity contribution in [3.63, 3.8) is 0 Å². The molecular formula is C20H22N2O3. The van der Waals surface area contributed by atoms with Crippen LogP contribution in [0, 0.1) is 0 Å². The molecule has 1 amide bonds. The Morgan fingerprint density at radius 1 is 1.08 bits per heavy atom. The van der Waals surface area contributed by atoms with Gasteiger partial charge in [-0.15, -0.1) is 0 Å². The Bertz CT molecular complexity index is 740. The molecule has 2 heterocycles. The van der Waals surface area contributed by atoms with Crippen molar-refractivity contribution in [3.8, 4) is 5.75 Å². The topological polar surface area (TPSA) is 50.8 Å². The number of likely N-dealkylation sites (tertiary alicyclic amines) is 1. The summed E-state index contributed by atoms with van der Waals surface area (Å²) >= 11 is 0. The van der Waals surface area contributed by atoms with Crippen LogP contribution in [0.25, 0.3) is 0 Å². The number of benzene rings is 2. The first kappa shape index (κ1) is 15.8. The first-order valence-corrected chi connectivity index (χ1v) is 8.72. The molecular weight excluding hydrogens is 316 g/mol. The molecule has 1 fully saturated rings. The van der Waals surface area contributed by atoms with E-state index in [0.29, 0.717) is 19.7 Å². The van der Waals surface area contributed by atoms with E-state index in [1.165, 1.54) is 0 Å².